The van der Waals surface area contributed by atoms with Crippen molar-refractivity contribution in [1.29, 1.82) is 5.26 Å². The third-order valence-electron chi connectivity index (χ3n) is 1.75. The lowest BCUT2D eigenvalue weighted by Gasteiger charge is -2.17. The molecule has 1 rings (SSSR count). The highest BCUT2D eigenvalue weighted by Gasteiger charge is 2.09. The van der Waals surface area contributed by atoms with E-state index in [0.717, 1.165) is 24.2 Å². The molecule has 0 aromatic carbocycles. The van der Waals surface area contributed by atoms with Gasteiger partial charge in [0.2, 0.25) is 0 Å². The van der Waals surface area contributed by atoms with E-state index in [4.69, 9.17) is 10.00 Å². The normalized spacial score (nSPS) is 20.6. The zero-order valence-corrected chi connectivity index (χ0v) is 6.97. The topological polar surface area (TPSA) is 33.0 Å². The Labute approximate surface area is 72.5 Å². The molecule has 62 valence electrons. The molecule has 2 heteroatoms. The summed E-state index contributed by atoms with van der Waals surface area (Å²) in [5, 5.41) is 8.49. The van der Waals surface area contributed by atoms with Crippen LogP contribution in [0.15, 0.2) is 36.0 Å². The van der Waals surface area contributed by atoms with Crippen molar-refractivity contribution < 1.29 is 4.74 Å². The third-order valence-corrected chi connectivity index (χ3v) is 1.75. The average Bonchev–Trinajstić information content (AvgIpc) is 2.09. The predicted molar refractivity (Wildman–Crippen MR) is 47.4 cm³/mol. The van der Waals surface area contributed by atoms with Crippen molar-refractivity contribution in [1.82, 2.24) is 0 Å². The monoisotopic (exact) mass is 161 g/mol. The van der Waals surface area contributed by atoms with Gasteiger partial charge in [-0.1, -0.05) is 13.2 Å². The van der Waals surface area contributed by atoms with E-state index in [2.05, 4.69) is 13.2 Å². The molecule has 1 heterocycles. The van der Waals surface area contributed by atoms with Gasteiger partial charge in [-0.05, 0) is 23.6 Å². The number of allylic oxidation sites excluding steroid dienone is 2. The summed E-state index contributed by atoms with van der Waals surface area (Å²) in [4.78, 5) is 0. The predicted octanol–water partition coefficient (Wildman–Crippen LogP) is 1.97. The number of ether oxygens (including phenoxy) is 1. The van der Waals surface area contributed by atoms with Crippen molar-refractivity contribution >= 4 is 0 Å². The second kappa shape index (κ2) is 3.89. The van der Waals surface area contributed by atoms with Crippen LogP contribution in [0.4, 0.5) is 0 Å². The van der Waals surface area contributed by atoms with Crippen LogP contribution < -0.4 is 0 Å². The molecule has 0 amide bonds. The Kier molecular flexibility index (Phi) is 2.84. The lowest BCUT2D eigenvalue weighted by atomic mass is 10.0. The zero-order chi connectivity index (χ0) is 8.97. The van der Waals surface area contributed by atoms with E-state index in [1.54, 1.807) is 6.08 Å². The Balaban J connectivity index is 2.73. The van der Waals surface area contributed by atoms with Crippen LogP contribution in [-0.2, 0) is 4.74 Å². The van der Waals surface area contributed by atoms with Gasteiger partial charge in [0.1, 0.15) is 0 Å². The van der Waals surface area contributed by atoms with Gasteiger partial charge in [-0.3, -0.25) is 0 Å². The van der Waals surface area contributed by atoms with Crippen molar-refractivity contribution in [3.8, 4) is 6.07 Å². The van der Waals surface area contributed by atoms with E-state index in [0.29, 0.717) is 12.2 Å². The molecule has 12 heavy (non-hydrogen) atoms. The molecule has 0 N–H and O–H groups in total. The fourth-order valence-electron chi connectivity index (χ4n) is 1.03. The number of hydrogen-bond acceptors (Lipinski definition) is 2. The molecule has 1 saturated heterocycles. The van der Waals surface area contributed by atoms with Crippen molar-refractivity contribution in [2.45, 2.75) is 6.42 Å². The molecule has 0 aromatic rings. The second-order valence-electron chi connectivity index (χ2n) is 2.71. The molecule has 1 aliphatic rings. The van der Waals surface area contributed by atoms with Gasteiger partial charge >= 0.3 is 0 Å². The first-order chi connectivity index (χ1) is 5.74. The summed E-state index contributed by atoms with van der Waals surface area (Å²) in [6.07, 6.45) is 2.59. The van der Waals surface area contributed by atoms with Crippen molar-refractivity contribution in [3.05, 3.63) is 36.0 Å². The van der Waals surface area contributed by atoms with Crippen LogP contribution in [0.2, 0.25) is 0 Å². The first-order valence-corrected chi connectivity index (χ1v) is 3.79. The third kappa shape index (κ3) is 2.08. The summed E-state index contributed by atoms with van der Waals surface area (Å²) in [5.41, 5.74) is 2.50. The maximum absolute atomic E-state index is 8.49. The Morgan fingerprint density at radius 2 is 2.42 bits per heavy atom. The Morgan fingerprint density at radius 1 is 1.67 bits per heavy atom. The highest BCUT2D eigenvalue weighted by atomic mass is 16.5. The molecule has 0 spiro atoms. The van der Waals surface area contributed by atoms with Gasteiger partial charge in [-0.25, -0.2) is 0 Å². The van der Waals surface area contributed by atoms with Gasteiger partial charge in [0, 0.05) is 5.57 Å². The van der Waals surface area contributed by atoms with Crippen molar-refractivity contribution in [3.63, 3.8) is 0 Å². The lowest BCUT2D eigenvalue weighted by molar-refractivity contribution is 0.146. The highest BCUT2D eigenvalue weighted by molar-refractivity contribution is 5.41. The van der Waals surface area contributed by atoms with Gasteiger partial charge in [-0.15, -0.1) is 0 Å². The molecule has 0 aliphatic carbocycles. The molecular weight excluding hydrogens is 150 g/mol. The molecule has 0 atom stereocenters. The van der Waals surface area contributed by atoms with Gasteiger partial charge in [-0.2, -0.15) is 5.26 Å². The molecule has 0 radical (unpaired) electrons. The molecule has 0 saturated carbocycles. The standard InChI is InChI=1S/C10H11NO/c1-8(6-11)5-10-7-12-4-3-9(10)2/h5H,1-4,7H2/b10-5-. The average molecular weight is 161 g/mol. The highest BCUT2D eigenvalue weighted by Crippen LogP contribution is 2.18. The summed E-state index contributed by atoms with van der Waals surface area (Å²) in [5.74, 6) is 0. The number of rotatable bonds is 1. The largest absolute Gasteiger partial charge is 0.376 e. The van der Waals surface area contributed by atoms with E-state index in [1.165, 1.54) is 0 Å². The minimum Gasteiger partial charge on any atom is -0.376 e. The van der Waals surface area contributed by atoms with E-state index in [1.807, 2.05) is 6.07 Å². The fraction of sp³-hybridized carbons (Fsp3) is 0.300. The minimum absolute atomic E-state index is 0.455. The number of nitrogens with zero attached hydrogens (tertiary/aromatic N) is 1. The van der Waals surface area contributed by atoms with Crippen LogP contribution >= 0.6 is 0 Å². The smallest absolute Gasteiger partial charge is 0.0985 e. The maximum Gasteiger partial charge on any atom is 0.0985 e. The van der Waals surface area contributed by atoms with Crippen LogP contribution in [-0.4, -0.2) is 13.2 Å². The Bertz CT molecular complexity index is 281. The molecule has 2 nitrogen and oxygen atoms in total. The Morgan fingerprint density at radius 3 is 3.00 bits per heavy atom. The summed E-state index contributed by atoms with van der Waals surface area (Å²) in [6, 6.07) is 1.97. The van der Waals surface area contributed by atoms with E-state index < -0.39 is 0 Å². The molecular formula is C10H11NO. The quantitative estimate of drug-likeness (QED) is 0.551. The molecule has 0 unspecified atom stereocenters. The molecule has 1 fully saturated rings. The summed E-state index contributed by atoms with van der Waals surface area (Å²) in [7, 11) is 0. The number of nitriles is 1. The van der Waals surface area contributed by atoms with Crippen LogP contribution in [0.25, 0.3) is 0 Å². The zero-order valence-electron chi connectivity index (χ0n) is 6.97. The van der Waals surface area contributed by atoms with Crippen molar-refractivity contribution in [2.24, 2.45) is 0 Å². The Hall–Kier alpha value is -1.33. The lowest BCUT2D eigenvalue weighted by Crippen LogP contribution is -2.10. The summed E-state index contributed by atoms with van der Waals surface area (Å²) in [6.45, 7) is 8.74. The first-order valence-electron chi connectivity index (χ1n) is 3.79. The van der Waals surface area contributed by atoms with Crippen LogP contribution in [0, 0.1) is 11.3 Å². The SMILES string of the molecule is C=C(C#N)/C=C1/COCCC1=C. The summed E-state index contributed by atoms with van der Waals surface area (Å²) < 4.78 is 5.22. The van der Waals surface area contributed by atoms with Gasteiger partial charge in [0.15, 0.2) is 0 Å². The minimum atomic E-state index is 0.455. The molecule has 0 bridgehead atoms. The van der Waals surface area contributed by atoms with Crippen LogP contribution in [0.3, 0.4) is 0 Å². The van der Waals surface area contributed by atoms with E-state index >= 15 is 0 Å². The van der Waals surface area contributed by atoms with Gasteiger partial charge in [0.05, 0.1) is 19.3 Å². The van der Waals surface area contributed by atoms with Gasteiger partial charge in [0.25, 0.3) is 0 Å². The first kappa shape index (κ1) is 8.76. The number of hydrogen-bond donors (Lipinski definition) is 0. The molecule has 0 aromatic heterocycles. The van der Waals surface area contributed by atoms with E-state index in [9.17, 15) is 0 Å². The fourth-order valence-corrected chi connectivity index (χ4v) is 1.03. The molecule has 1 aliphatic heterocycles. The second-order valence-corrected chi connectivity index (χ2v) is 2.71. The maximum atomic E-state index is 8.49. The van der Waals surface area contributed by atoms with Crippen LogP contribution in [0.5, 0.6) is 0 Å². The van der Waals surface area contributed by atoms with E-state index in [-0.39, 0.29) is 0 Å². The van der Waals surface area contributed by atoms with Gasteiger partial charge < -0.3 is 4.74 Å². The summed E-state index contributed by atoms with van der Waals surface area (Å²) >= 11 is 0. The van der Waals surface area contributed by atoms with Crippen molar-refractivity contribution in [2.75, 3.05) is 13.2 Å². The van der Waals surface area contributed by atoms with Crippen LogP contribution in [0.1, 0.15) is 6.42 Å².